The number of nitrogens with zero attached hydrogens (tertiary/aromatic N) is 1. The van der Waals surface area contributed by atoms with E-state index in [1.807, 2.05) is 18.2 Å². The first kappa shape index (κ1) is 25.4. The lowest BCUT2D eigenvalue weighted by atomic mass is 9.88. The van der Waals surface area contributed by atoms with E-state index in [1.165, 1.54) is 27.7 Å². The summed E-state index contributed by atoms with van der Waals surface area (Å²) in [5, 5.41) is 20.8. The molecule has 6 aromatic rings. The highest BCUT2D eigenvalue weighted by Gasteiger charge is 2.14. The fraction of sp³-hybridized carbons (Fsp3) is 0.182. The van der Waals surface area contributed by atoms with Crippen LogP contribution >= 0.6 is 0 Å². The van der Waals surface area contributed by atoms with Gasteiger partial charge in [-0.15, -0.1) is 0 Å². The first-order chi connectivity index (χ1) is 19.5. The molecule has 3 N–H and O–H groups in total. The van der Waals surface area contributed by atoms with Crippen molar-refractivity contribution in [3.8, 4) is 11.8 Å². The molecule has 0 bridgehead atoms. The summed E-state index contributed by atoms with van der Waals surface area (Å²) < 4.78 is 1.16. The number of carbonyl (C=O) groups is 1. The molecule has 1 aromatic heterocycles. The van der Waals surface area contributed by atoms with Gasteiger partial charge in [-0.3, -0.25) is 19.1 Å². The number of unbranched alkanes of at least 4 members (excludes halogenated alkanes) is 2. The van der Waals surface area contributed by atoms with E-state index < -0.39 is 11.2 Å². The summed E-state index contributed by atoms with van der Waals surface area (Å²) in [4.78, 5) is 39.5. The molecule has 7 heteroatoms. The Labute approximate surface area is 229 Å². The molecule has 40 heavy (non-hydrogen) atoms. The van der Waals surface area contributed by atoms with Gasteiger partial charge in [0, 0.05) is 24.9 Å². The second-order valence-corrected chi connectivity index (χ2v) is 9.91. The van der Waals surface area contributed by atoms with Crippen molar-refractivity contribution in [2.75, 3.05) is 13.2 Å². The van der Waals surface area contributed by atoms with E-state index in [9.17, 15) is 14.4 Å². The van der Waals surface area contributed by atoms with Gasteiger partial charge in [0.1, 0.15) is 12.1 Å². The van der Waals surface area contributed by atoms with Crippen molar-refractivity contribution < 1.29 is 9.90 Å². The summed E-state index contributed by atoms with van der Waals surface area (Å²) in [5.74, 6) is 5.74. The second kappa shape index (κ2) is 10.7. The Bertz CT molecular complexity index is 2030. The monoisotopic (exact) mass is 529 g/mol. The Morgan fingerprint density at radius 2 is 1.43 bits per heavy atom. The molecule has 0 fully saturated rings. The average Bonchev–Trinajstić information content (AvgIpc) is 2.96. The molecule has 0 spiro atoms. The van der Waals surface area contributed by atoms with Crippen LogP contribution in [0.5, 0.6) is 0 Å². The number of hydrogen-bond acceptors (Lipinski definition) is 4. The maximum atomic E-state index is 12.6. The number of aromatic nitrogens is 2. The number of aliphatic hydroxyl groups excluding tert-OH is 1. The predicted molar refractivity (Wildman–Crippen MR) is 159 cm³/mol. The first-order valence-electron chi connectivity index (χ1n) is 13.4. The van der Waals surface area contributed by atoms with Crippen molar-refractivity contribution in [2.45, 2.75) is 25.8 Å². The Morgan fingerprint density at radius 3 is 2.17 bits per heavy atom. The highest BCUT2D eigenvalue weighted by Crippen LogP contribution is 2.40. The number of amides is 1. The predicted octanol–water partition coefficient (Wildman–Crippen LogP) is 4.27. The molecule has 0 aliphatic rings. The fourth-order valence-electron chi connectivity index (χ4n) is 5.46. The number of carbonyl (C=O) groups excluding carboxylic acids is 1. The van der Waals surface area contributed by atoms with Crippen LogP contribution in [0.4, 0.5) is 0 Å². The van der Waals surface area contributed by atoms with E-state index in [4.69, 9.17) is 5.11 Å². The zero-order chi connectivity index (χ0) is 27.6. The standard InChI is InChI=1S/C33H27N3O4/c37-18-3-1-2-17-34-29(38)20-36-19-23(32(39)35-33(36)40)14-13-21-15-16-28-26-11-5-8-22-7-4-10-25(30(22)26)27-12-6-9-24(21)31(27)28/h4-12,15-16,19,37H,1-3,17-18,20H2,(H,34,38)(H,35,39,40). The maximum absolute atomic E-state index is 12.6. The third-order valence-corrected chi connectivity index (χ3v) is 7.34. The molecular weight excluding hydrogens is 502 g/mol. The number of aliphatic hydroxyl groups is 1. The van der Waals surface area contributed by atoms with Crippen molar-refractivity contribution in [3.63, 3.8) is 0 Å². The molecule has 0 aliphatic heterocycles. The van der Waals surface area contributed by atoms with Gasteiger partial charge in [-0.1, -0.05) is 72.5 Å². The molecule has 198 valence electrons. The Kier molecular flexibility index (Phi) is 6.77. The molecule has 0 radical (unpaired) electrons. The highest BCUT2D eigenvalue weighted by molar-refractivity contribution is 6.33. The average molecular weight is 530 g/mol. The van der Waals surface area contributed by atoms with Crippen LogP contribution in [0.3, 0.4) is 0 Å². The second-order valence-electron chi connectivity index (χ2n) is 9.91. The SMILES string of the molecule is O=C(Cn1cc(C#Cc2ccc3c4cccc5cccc(c6cccc2c63)c54)c(=O)[nH]c1=O)NCCCCCO. The quantitative estimate of drug-likeness (QED) is 0.124. The maximum Gasteiger partial charge on any atom is 0.328 e. The molecule has 6 rings (SSSR count). The third-order valence-electron chi connectivity index (χ3n) is 7.34. The van der Waals surface area contributed by atoms with Gasteiger partial charge in [0.25, 0.3) is 5.56 Å². The van der Waals surface area contributed by atoms with Crippen LogP contribution < -0.4 is 16.6 Å². The zero-order valence-corrected chi connectivity index (χ0v) is 21.8. The number of benzene rings is 5. The minimum atomic E-state index is -0.666. The van der Waals surface area contributed by atoms with Gasteiger partial charge in [0.2, 0.25) is 5.91 Å². The lowest BCUT2D eigenvalue weighted by Gasteiger charge is -2.14. The number of aromatic amines is 1. The number of H-pyrrole nitrogens is 1. The van der Waals surface area contributed by atoms with Crippen LogP contribution in [0, 0.1) is 11.8 Å². The molecule has 0 saturated heterocycles. The van der Waals surface area contributed by atoms with E-state index in [2.05, 4.69) is 70.7 Å². The third kappa shape index (κ3) is 4.59. The summed E-state index contributed by atoms with van der Waals surface area (Å²) in [6, 6.07) is 23.0. The molecule has 0 unspecified atom stereocenters. The van der Waals surface area contributed by atoms with Crippen LogP contribution in [-0.2, 0) is 11.3 Å². The van der Waals surface area contributed by atoms with Crippen LogP contribution in [0.1, 0.15) is 30.4 Å². The molecular formula is C33H27N3O4. The Morgan fingerprint density at radius 1 is 0.775 bits per heavy atom. The van der Waals surface area contributed by atoms with E-state index in [0.717, 1.165) is 44.5 Å². The molecule has 7 nitrogen and oxygen atoms in total. The van der Waals surface area contributed by atoms with Crippen LogP contribution in [0.2, 0.25) is 0 Å². The van der Waals surface area contributed by atoms with Gasteiger partial charge in [-0.2, -0.15) is 0 Å². The largest absolute Gasteiger partial charge is 0.396 e. The number of hydrogen-bond donors (Lipinski definition) is 3. The van der Waals surface area contributed by atoms with E-state index >= 15 is 0 Å². The number of rotatable bonds is 7. The minimum Gasteiger partial charge on any atom is -0.396 e. The Balaban J connectivity index is 1.37. The van der Waals surface area contributed by atoms with E-state index in [1.54, 1.807) is 0 Å². The summed E-state index contributed by atoms with van der Waals surface area (Å²) in [6.07, 6.45) is 3.55. The van der Waals surface area contributed by atoms with Crippen molar-refractivity contribution in [3.05, 3.63) is 105 Å². The summed E-state index contributed by atoms with van der Waals surface area (Å²) in [5.41, 5.74) is -0.391. The van der Waals surface area contributed by atoms with Crippen molar-refractivity contribution in [1.29, 1.82) is 0 Å². The normalized spacial score (nSPS) is 11.3. The minimum absolute atomic E-state index is 0.103. The van der Waals surface area contributed by atoms with Gasteiger partial charge >= 0.3 is 5.69 Å². The summed E-state index contributed by atoms with van der Waals surface area (Å²) in [7, 11) is 0. The molecule has 0 atom stereocenters. The molecule has 5 aromatic carbocycles. The van der Waals surface area contributed by atoms with Gasteiger partial charge < -0.3 is 10.4 Å². The van der Waals surface area contributed by atoms with Crippen LogP contribution in [0.25, 0.3) is 43.1 Å². The lowest BCUT2D eigenvalue weighted by molar-refractivity contribution is -0.121. The zero-order valence-electron chi connectivity index (χ0n) is 21.8. The molecule has 0 aliphatic carbocycles. The van der Waals surface area contributed by atoms with Gasteiger partial charge in [0.15, 0.2) is 0 Å². The summed E-state index contributed by atoms with van der Waals surface area (Å²) >= 11 is 0. The highest BCUT2D eigenvalue weighted by atomic mass is 16.3. The van der Waals surface area contributed by atoms with Gasteiger partial charge in [-0.25, -0.2) is 4.79 Å². The van der Waals surface area contributed by atoms with Crippen LogP contribution in [0.15, 0.2) is 82.5 Å². The van der Waals surface area contributed by atoms with E-state index in [-0.39, 0.29) is 24.6 Å². The van der Waals surface area contributed by atoms with Crippen LogP contribution in [-0.4, -0.2) is 33.7 Å². The van der Waals surface area contributed by atoms with E-state index in [0.29, 0.717) is 13.0 Å². The Hall–Kier alpha value is -4.93. The first-order valence-corrected chi connectivity index (χ1v) is 13.4. The molecule has 1 heterocycles. The van der Waals surface area contributed by atoms with Gasteiger partial charge in [-0.05, 0) is 68.4 Å². The number of nitrogens with one attached hydrogen (secondary N) is 2. The van der Waals surface area contributed by atoms with Gasteiger partial charge in [0.05, 0.1) is 0 Å². The lowest BCUT2D eigenvalue weighted by Crippen LogP contribution is -2.36. The smallest absolute Gasteiger partial charge is 0.328 e. The molecule has 0 saturated carbocycles. The number of fused-ring (bicyclic) bond motifs is 2. The fourth-order valence-corrected chi connectivity index (χ4v) is 5.46. The molecule has 1 amide bonds. The summed E-state index contributed by atoms with van der Waals surface area (Å²) in [6.45, 7) is 0.347. The van der Waals surface area contributed by atoms with Crippen molar-refractivity contribution >= 4 is 49.0 Å². The topological polar surface area (TPSA) is 104 Å². The van der Waals surface area contributed by atoms with Crippen molar-refractivity contribution in [1.82, 2.24) is 14.9 Å². The van der Waals surface area contributed by atoms with Crippen molar-refractivity contribution in [2.24, 2.45) is 0 Å².